The van der Waals surface area contributed by atoms with Gasteiger partial charge in [0.15, 0.2) is 5.82 Å². The van der Waals surface area contributed by atoms with E-state index in [-0.39, 0.29) is 33.5 Å². The molecule has 2 atom stereocenters. The number of anilines is 3. The molecule has 2 N–H and O–H groups in total. The molecule has 1 aromatic heterocycles. The molecule has 300 valence electrons. The van der Waals surface area contributed by atoms with Crippen LogP contribution in [0.2, 0.25) is 5.02 Å². The van der Waals surface area contributed by atoms with E-state index in [1.807, 2.05) is 81.7 Å². The van der Waals surface area contributed by atoms with Crippen molar-refractivity contribution in [2.24, 2.45) is 0 Å². The van der Waals surface area contributed by atoms with Gasteiger partial charge < -0.3 is 10.2 Å². The summed E-state index contributed by atoms with van der Waals surface area (Å²) in [7, 11) is -0.268. The number of sulfonamides is 1. The minimum atomic E-state index is -4.26. The Kier molecular flexibility index (Phi) is 12.8. The maximum Gasteiger partial charge on any atom is 0.293 e. The fraction of sp³-hybridized carbons (Fsp3) is 0.256. The quantitative estimate of drug-likeness (QED) is 0.0444. The van der Waals surface area contributed by atoms with Gasteiger partial charge in [0.05, 0.1) is 20.7 Å². The molecule has 0 bridgehead atoms. The number of fused-ring (bicyclic) bond motifs is 1. The molecule has 1 fully saturated rings. The molecule has 12 nitrogen and oxygen atoms in total. The molecule has 0 spiro atoms. The average molecular weight is 837 g/mol. The summed E-state index contributed by atoms with van der Waals surface area (Å²) in [6, 6.07) is 35.9. The molecule has 58 heavy (non-hydrogen) atoms. The number of rotatable bonds is 15. The normalized spacial score (nSPS) is 14.7. The molecule has 2 heterocycles. The van der Waals surface area contributed by atoms with Gasteiger partial charge >= 0.3 is 0 Å². The standard InChI is InChI=1S/C43H45ClN8O4S2/c1-30(25-42(49(2)3)57-35-10-5-4-6-11-35)47-39-20-18-36(27-41(39)52(53)54)58(55,56)48-43-38-19-17-34(26-40(38)45-29-46-43)51-23-21-50(22-24-51)28-32-9-7-8-12-37(32)31-13-15-33(44)16-14-31/h4-20,26-27,29-30,42,47H,21-25,28H2,1-3H3,(H,45,46,48). The van der Waals surface area contributed by atoms with Crippen LogP contribution in [0.25, 0.3) is 22.0 Å². The molecule has 2 unspecified atom stereocenters. The number of piperazine rings is 1. The lowest BCUT2D eigenvalue weighted by Gasteiger charge is -2.36. The second-order valence-electron chi connectivity index (χ2n) is 14.5. The predicted octanol–water partition coefficient (Wildman–Crippen LogP) is 8.85. The largest absolute Gasteiger partial charge is 0.377 e. The topological polar surface area (TPSA) is 137 Å². The number of nitro benzene ring substituents is 1. The van der Waals surface area contributed by atoms with Crippen LogP contribution in [-0.2, 0) is 16.6 Å². The summed E-state index contributed by atoms with van der Waals surface area (Å²) in [5.74, 6) is 0.0878. The summed E-state index contributed by atoms with van der Waals surface area (Å²) >= 11 is 7.85. The highest BCUT2D eigenvalue weighted by Crippen LogP contribution is 2.33. The lowest BCUT2D eigenvalue weighted by atomic mass is 9.99. The minimum absolute atomic E-state index is 0.0878. The molecular weight excluding hydrogens is 792 g/mol. The first-order chi connectivity index (χ1) is 27.9. The Morgan fingerprint density at radius 1 is 0.897 bits per heavy atom. The Balaban J connectivity index is 1.01. The van der Waals surface area contributed by atoms with Gasteiger partial charge in [-0.2, -0.15) is 0 Å². The maximum atomic E-state index is 13.7. The smallest absolute Gasteiger partial charge is 0.293 e. The number of nitrogens with zero attached hydrogens (tertiary/aromatic N) is 6. The molecule has 1 saturated heterocycles. The van der Waals surface area contributed by atoms with E-state index in [1.54, 1.807) is 11.8 Å². The minimum Gasteiger partial charge on any atom is -0.377 e. The summed E-state index contributed by atoms with van der Waals surface area (Å²) in [6.45, 7) is 6.13. The van der Waals surface area contributed by atoms with E-state index < -0.39 is 14.9 Å². The second kappa shape index (κ2) is 18.1. The zero-order chi connectivity index (χ0) is 40.8. The van der Waals surface area contributed by atoms with E-state index in [9.17, 15) is 18.5 Å². The SMILES string of the molecule is CC(CC(Sc1ccccc1)N(C)C)Nc1ccc(S(=O)(=O)Nc2ncnc3cc(N4CCN(Cc5ccccc5-c5ccc(Cl)cc5)CC4)ccc23)cc1[N+](=O)[O-]. The molecule has 7 rings (SSSR count). The average Bonchev–Trinajstić information content (AvgIpc) is 3.21. The van der Waals surface area contributed by atoms with Crippen LogP contribution in [0.3, 0.4) is 0 Å². The van der Waals surface area contributed by atoms with Gasteiger partial charge in [-0.25, -0.2) is 18.4 Å². The van der Waals surface area contributed by atoms with Crippen molar-refractivity contribution in [1.29, 1.82) is 0 Å². The van der Waals surface area contributed by atoms with Gasteiger partial charge in [-0.1, -0.05) is 66.2 Å². The molecular formula is C43H45ClN8O4S2. The van der Waals surface area contributed by atoms with Crippen molar-refractivity contribution >= 4 is 67.2 Å². The van der Waals surface area contributed by atoms with E-state index in [2.05, 4.69) is 71.1 Å². The van der Waals surface area contributed by atoms with Gasteiger partial charge in [-0.15, -0.1) is 11.8 Å². The number of halogens is 1. The fourth-order valence-electron chi connectivity index (χ4n) is 7.08. The van der Waals surface area contributed by atoms with Crippen LogP contribution in [0.5, 0.6) is 0 Å². The summed E-state index contributed by atoms with van der Waals surface area (Å²) in [4.78, 5) is 28.1. The van der Waals surface area contributed by atoms with Crippen molar-refractivity contribution in [3.63, 3.8) is 0 Å². The number of hydrogen-bond donors (Lipinski definition) is 2. The third-order valence-corrected chi connectivity index (χ3v) is 13.2. The number of benzene rings is 5. The van der Waals surface area contributed by atoms with Crippen LogP contribution in [0, 0.1) is 10.1 Å². The van der Waals surface area contributed by atoms with Crippen LogP contribution >= 0.6 is 23.4 Å². The van der Waals surface area contributed by atoms with Crippen molar-refractivity contribution in [3.05, 3.63) is 142 Å². The Morgan fingerprint density at radius 2 is 1.62 bits per heavy atom. The molecule has 5 aromatic carbocycles. The van der Waals surface area contributed by atoms with Crippen molar-refractivity contribution in [1.82, 2.24) is 19.8 Å². The first-order valence-corrected chi connectivity index (χ1v) is 21.7. The molecule has 1 aliphatic heterocycles. The monoisotopic (exact) mass is 836 g/mol. The molecule has 0 amide bonds. The number of hydrogen-bond acceptors (Lipinski definition) is 11. The Labute approximate surface area is 348 Å². The Morgan fingerprint density at radius 3 is 2.34 bits per heavy atom. The van der Waals surface area contributed by atoms with Crippen molar-refractivity contribution in [2.75, 3.05) is 55.2 Å². The highest BCUT2D eigenvalue weighted by molar-refractivity contribution is 7.99. The lowest BCUT2D eigenvalue weighted by Crippen LogP contribution is -2.46. The summed E-state index contributed by atoms with van der Waals surface area (Å²) in [6.07, 6.45) is 1.98. The van der Waals surface area contributed by atoms with E-state index in [0.717, 1.165) is 54.9 Å². The molecule has 0 aliphatic carbocycles. The highest BCUT2D eigenvalue weighted by Gasteiger charge is 2.26. The van der Waals surface area contributed by atoms with Gasteiger partial charge in [-0.3, -0.25) is 24.6 Å². The fourth-order valence-corrected chi connectivity index (χ4v) is 9.48. The van der Waals surface area contributed by atoms with E-state index >= 15 is 0 Å². The Bertz CT molecular complexity index is 2490. The summed E-state index contributed by atoms with van der Waals surface area (Å²) in [5.41, 5.74) is 5.05. The van der Waals surface area contributed by atoms with Crippen molar-refractivity contribution in [2.45, 2.75) is 41.1 Å². The van der Waals surface area contributed by atoms with Gasteiger partial charge in [0, 0.05) is 65.8 Å². The van der Waals surface area contributed by atoms with E-state index in [4.69, 9.17) is 11.6 Å². The molecule has 15 heteroatoms. The zero-order valence-electron chi connectivity index (χ0n) is 32.5. The molecule has 0 saturated carbocycles. The first-order valence-electron chi connectivity index (χ1n) is 19.0. The molecule has 1 aliphatic rings. The van der Waals surface area contributed by atoms with Crippen molar-refractivity contribution < 1.29 is 13.3 Å². The Hall–Kier alpha value is -5.25. The van der Waals surface area contributed by atoms with E-state index in [0.29, 0.717) is 22.3 Å². The van der Waals surface area contributed by atoms with Crippen LogP contribution < -0.4 is 14.9 Å². The number of nitro groups is 1. The maximum absolute atomic E-state index is 13.7. The zero-order valence-corrected chi connectivity index (χ0v) is 34.8. The third-order valence-electron chi connectivity index (χ3n) is 10.2. The van der Waals surface area contributed by atoms with Gasteiger partial charge in [0.1, 0.15) is 12.0 Å². The number of thioether (sulfide) groups is 1. The van der Waals surface area contributed by atoms with Crippen LogP contribution in [0.4, 0.5) is 22.9 Å². The van der Waals surface area contributed by atoms with E-state index in [1.165, 1.54) is 29.6 Å². The molecule has 0 radical (unpaired) electrons. The van der Waals surface area contributed by atoms with Gasteiger partial charge in [0.2, 0.25) is 0 Å². The summed E-state index contributed by atoms with van der Waals surface area (Å²) < 4.78 is 30.0. The first kappa shape index (κ1) is 40.9. The van der Waals surface area contributed by atoms with Crippen LogP contribution in [-0.4, -0.2) is 84.8 Å². The molecule has 6 aromatic rings. The van der Waals surface area contributed by atoms with Gasteiger partial charge in [0.25, 0.3) is 15.7 Å². The lowest BCUT2D eigenvalue weighted by molar-refractivity contribution is -0.384. The predicted molar refractivity (Wildman–Crippen MR) is 235 cm³/mol. The van der Waals surface area contributed by atoms with Crippen molar-refractivity contribution in [3.8, 4) is 11.1 Å². The van der Waals surface area contributed by atoms with Gasteiger partial charge in [-0.05, 0) is 98.7 Å². The third kappa shape index (κ3) is 9.88. The van der Waals surface area contributed by atoms with Crippen LogP contribution in [0.15, 0.2) is 131 Å². The number of aromatic nitrogens is 2. The summed E-state index contributed by atoms with van der Waals surface area (Å²) in [5, 5.41) is 16.8. The number of nitrogens with one attached hydrogen (secondary N) is 2. The second-order valence-corrected chi connectivity index (χ2v) is 17.9. The van der Waals surface area contributed by atoms with Crippen LogP contribution in [0.1, 0.15) is 18.9 Å². The highest BCUT2D eigenvalue weighted by atomic mass is 35.5.